The third kappa shape index (κ3) is 3.13. The lowest BCUT2D eigenvalue weighted by Crippen LogP contribution is -2.32. The minimum atomic E-state index is -1.03. The molecule has 4 nitrogen and oxygen atoms in total. The average Bonchev–Trinajstić information content (AvgIpc) is 2.53. The molecule has 0 fully saturated rings. The van der Waals surface area contributed by atoms with Gasteiger partial charge >= 0.3 is 5.97 Å². The van der Waals surface area contributed by atoms with Crippen LogP contribution in [0, 0.1) is 12.8 Å². The molecule has 1 aliphatic carbocycles. The number of rotatable bonds is 5. The van der Waals surface area contributed by atoms with E-state index in [4.69, 9.17) is 4.74 Å². The molecule has 26 heavy (non-hydrogen) atoms. The number of aryl methyl sites for hydroxylation is 1. The molecule has 4 heteroatoms. The van der Waals surface area contributed by atoms with Gasteiger partial charge in [0.2, 0.25) is 0 Å². The van der Waals surface area contributed by atoms with E-state index in [9.17, 15) is 15.0 Å². The van der Waals surface area contributed by atoms with E-state index < -0.39 is 11.6 Å². The summed E-state index contributed by atoms with van der Waals surface area (Å²) < 4.78 is 6.27. The molecule has 0 aromatic heterocycles. The van der Waals surface area contributed by atoms with Crippen molar-refractivity contribution in [2.24, 2.45) is 5.92 Å². The summed E-state index contributed by atoms with van der Waals surface area (Å²) in [5.41, 5.74) is 3.13. The zero-order chi connectivity index (χ0) is 19.1. The Morgan fingerprint density at radius 3 is 2.69 bits per heavy atom. The Labute approximate surface area is 155 Å². The zero-order valence-corrected chi connectivity index (χ0v) is 16.1. The van der Waals surface area contributed by atoms with E-state index in [0.29, 0.717) is 12.0 Å². The second-order valence-electron chi connectivity index (χ2n) is 7.92. The topological polar surface area (TPSA) is 66.8 Å². The van der Waals surface area contributed by atoms with Crippen molar-refractivity contribution in [3.63, 3.8) is 0 Å². The van der Waals surface area contributed by atoms with E-state index in [2.05, 4.69) is 6.92 Å². The second kappa shape index (κ2) is 6.82. The van der Waals surface area contributed by atoms with E-state index in [1.54, 1.807) is 0 Å². The van der Waals surface area contributed by atoms with Gasteiger partial charge < -0.3 is 14.9 Å². The fourth-order valence-corrected chi connectivity index (χ4v) is 4.17. The summed E-state index contributed by atoms with van der Waals surface area (Å²) >= 11 is 0. The lowest BCUT2D eigenvalue weighted by molar-refractivity contribution is -0.133. The SMILES string of the molecule is CCCCCC1CC2=C(C(O)=C1C(=O)O)c1cc(C)ccc1C(C)(C)O2. The number of unbranched alkanes of at least 4 members (excludes halogenated alkanes) is 2. The van der Waals surface area contributed by atoms with Crippen molar-refractivity contribution in [1.29, 1.82) is 0 Å². The van der Waals surface area contributed by atoms with E-state index in [-0.39, 0.29) is 17.3 Å². The van der Waals surface area contributed by atoms with Crippen molar-refractivity contribution in [1.82, 2.24) is 0 Å². The van der Waals surface area contributed by atoms with E-state index >= 15 is 0 Å². The molecule has 1 aromatic carbocycles. The number of hydrogen-bond donors (Lipinski definition) is 2. The third-order valence-corrected chi connectivity index (χ3v) is 5.47. The normalized spacial score (nSPS) is 21.2. The summed E-state index contributed by atoms with van der Waals surface area (Å²) in [5, 5.41) is 20.7. The molecule has 1 heterocycles. The minimum Gasteiger partial charge on any atom is -0.507 e. The predicted molar refractivity (Wildman–Crippen MR) is 102 cm³/mol. The van der Waals surface area contributed by atoms with Crippen LogP contribution in [0.4, 0.5) is 0 Å². The maximum absolute atomic E-state index is 11.9. The molecule has 1 atom stereocenters. The largest absolute Gasteiger partial charge is 0.507 e. The molecule has 1 aromatic rings. The highest BCUT2D eigenvalue weighted by Crippen LogP contribution is 2.49. The van der Waals surface area contributed by atoms with Crippen molar-refractivity contribution in [2.45, 2.75) is 65.4 Å². The number of aliphatic hydroxyl groups is 1. The first kappa shape index (κ1) is 18.6. The molecule has 0 radical (unpaired) electrons. The highest BCUT2D eigenvalue weighted by Gasteiger charge is 2.41. The van der Waals surface area contributed by atoms with Gasteiger partial charge in [-0.1, -0.05) is 49.9 Å². The Morgan fingerprint density at radius 1 is 1.31 bits per heavy atom. The summed E-state index contributed by atoms with van der Waals surface area (Å²) in [6.45, 7) is 8.16. The lowest BCUT2D eigenvalue weighted by atomic mass is 9.76. The van der Waals surface area contributed by atoms with Crippen LogP contribution in [0.25, 0.3) is 5.57 Å². The van der Waals surface area contributed by atoms with E-state index in [1.807, 2.05) is 39.0 Å². The van der Waals surface area contributed by atoms with Gasteiger partial charge in [-0.15, -0.1) is 0 Å². The molecule has 0 saturated carbocycles. The molecular weight excluding hydrogens is 328 g/mol. The third-order valence-electron chi connectivity index (χ3n) is 5.47. The van der Waals surface area contributed by atoms with Crippen molar-refractivity contribution >= 4 is 11.5 Å². The highest BCUT2D eigenvalue weighted by atomic mass is 16.5. The molecule has 0 spiro atoms. The Hall–Kier alpha value is -2.23. The number of benzene rings is 1. The van der Waals surface area contributed by atoms with Crippen LogP contribution < -0.4 is 0 Å². The molecule has 2 aliphatic rings. The maximum Gasteiger partial charge on any atom is 0.335 e. The quantitative estimate of drug-likeness (QED) is 0.687. The molecular formula is C22H28O4. The number of hydrogen-bond acceptors (Lipinski definition) is 3. The van der Waals surface area contributed by atoms with Crippen LogP contribution in [0.5, 0.6) is 0 Å². The number of carboxylic acid groups (broad SMARTS) is 1. The Morgan fingerprint density at radius 2 is 2.04 bits per heavy atom. The summed E-state index contributed by atoms with van der Waals surface area (Å²) in [4.78, 5) is 11.9. The molecule has 1 unspecified atom stereocenters. The van der Waals surface area contributed by atoms with Crippen molar-refractivity contribution in [2.75, 3.05) is 0 Å². The smallest absolute Gasteiger partial charge is 0.335 e. The molecule has 2 N–H and O–H groups in total. The molecule has 3 rings (SSSR count). The first-order valence-corrected chi connectivity index (χ1v) is 9.46. The summed E-state index contributed by atoms with van der Waals surface area (Å²) in [7, 11) is 0. The Bertz CT molecular complexity index is 798. The first-order valence-electron chi connectivity index (χ1n) is 9.46. The lowest BCUT2D eigenvalue weighted by Gasteiger charge is -2.40. The van der Waals surface area contributed by atoms with Gasteiger partial charge in [-0.05, 0) is 32.8 Å². The minimum absolute atomic E-state index is 0.123. The maximum atomic E-state index is 11.9. The van der Waals surface area contributed by atoms with Gasteiger partial charge in [0.25, 0.3) is 0 Å². The Kier molecular flexibility index (Phi) is 4.87. The van der Waals surface area contributed by atoms with Gasteiger partial charge in [0.1, 0.15) is 17.1 Å². The van der Waals surface area contributed by atoms with Gasteiger partial charge in [0.15, 0.2) is 0 Å². The summed E-state index contributed by atoms with van der Waals surface area (Å²) in [5.74, 6) is -0.644. The molecule has 0 saturated heterocycles. The highest BCUT2D eigenvalue weighted by molar-refractivity contribution is 5.96. The van der Waals surface area contributed by atoms with Crippen molar-refractivity contribution < 1.29 is 19.7 Å². The van der Waals surface area contributed by atoms with E-state index in [0.717, 1.165) is 48.1 Å². The zero-order valence-electron chi connectivity index (χ0n) is 16.1. The average molecular weight is 356 g/mol. The van der Waals surface area contributed by atoms with Crippen LogP contribution in [-0.4, -0.2) is 16.2 Å². The van der Waals surface area contributed by atoms with Crippen LogP contribution in [0.15, 0.2) is 35.3 Å². The molecule has 1 aliphatic heterocycles. The van der Waals surface area contributed by atoms with Crippen LogP contribution in [0.3, 0.4) is 0 Å². The second-order valence-corrected chi connectivity index (χ2v) is 7.92. The van der Waals surface area contributed by atoms with Gasteiger partial charge in [-0.25, -0.2) is 4.79 Å². The molecule has 140 valence electrons. The number of carboxylic acids is 1. The number of aliphatic hydroxyl groups excluding tert-OH is 1. The monoisotopic (exact) mass is 356 g/mol. The van der Waals surface area contributed by atoms with Crippen LogP contribution in [0.1, 0.15) is 69.6 Å². The number of aliphatic carboxylic acids is 1. The fourth-order valence-electron chi connectivity index (χ4n) is 4.17. The molecule has 0 amide bonds. The number of carbonyl (C=O) groups is 1. The van der Waals surface area contributed by atoms with Crippen molar-refractivity contribution in [3.05, 3.63) is 52.0 Å². The van der Waals surface area contributed by atoms with Gasteiger partial charge in [0, 0.05) is 17.9 Å². The van der Waals surface area contributed by atoms with Gasteiger partial charge in [-0.3, -0.25) is 0 Å². The summed E-state index contributed by atoms with van der Waals surface area (Å²) in [6.07, 6.45) is 4.37. The predicted octanol–water partition coefficient (Wildman–Crippen LogP) is 5.47. The van der Waals surface area contributed by atoms with Gasteiger partial charge in [0.05, 0.1) is 11.1 Å². The van der Waals surface area contributed by atoms with E-state index in [1.165, 1.54) is 0 Å². The molecule has 0 bridgehead atoms. The van der Waals surface area contributed by atoms with Crippen molar-refractivity contribution in [3.8, 4) is 0 Å². The fraction of sp³-hybridized carbons (Fsp3) is 0.500. The first-order chi connectivity index (χ1) is 12.3. The van der Waals surface area contributed by atoms with Crippen LogP contribution in [0.2, 0.25) is 0 Å². The number of ether oxygens (including phenoxy) is 1. The van der Waals surface area contributed by atoms with Crippen LogP contribution >= 0.6 is 0 Å². The Balaban J connectivity index is 2.12. The van der Waals surface area contributed by atoms with Gasteiger partial charge in [-0.2, -0.15) is 0 Å². The number of allylic oxidation sites excluding steroid dienone is 2. The number of fused-ring (bicyclic) bond motifs is 2. The van der Waals surface area contributed by atoms with Crippen LogP contribution in [-0.2, 0) is 15.1 Å². The summed E-state index contributed by atoms with van der Waals surface area (Å²) in [6, 6.07) is 6.04. The standard InChI is InChI=1S/C22H28O4/c1-5-6-7-8-14-12-17-19(20(23)18(14)21(24)25)15-11-13(2)9-10-16(15)22(3,4)26-17/h9-11,14,23H,5-8,12H2,1-4H3,(H,24,25).